The van der Waals surface area contributed by atoms with Gasteiger partial charge in [-0.3, -0.25) is 14.8 Å². The molecule has 6 nitrogen and oxygen atoms in total. The molecule has 1 amide bonds. The zero-order valence-electron chi connectivity index (χ0n) is 13.7. The van der Waals surface area contributed by atoms with E-state index < -0.39 is 0 Å². The van der Waals surface area contributed by atoms with E-state index in [-0.39, 0.29) is 18.0 Å². The molecule has 0 spiro atoms. The maximum absolute atomic E-state index is 12.3. The van der Waals surface area contributed by atoms with Crippen LogP contribution in [-0.2, 0) is 17.8 Å². The van der Waals surface area contributed by atoms with Crippen LogP contribution >= 0.6 is 0 Å². The number of amides is 1. The first-order valence-corrected chi connectivity index (χ1v) is 8.01. The quantitative estimate of drug-likeness (QED) is 0.867. The zero-order valence-corrected chi connectivity index (χ0v) is 13.7. The van der Waals surface area contributed by atoms with Gasteiger partial charge in [0.05, 0.1) is 24.7 Å². The molecular weight excluding hydrogens is 278 g/mol. The van der Waals surface area contributed by atoms with Crippen LogP contribution in [0.1, 0.15) is 50.4 Å². The summed E-state index contributed by atoms with van der Waals surface area (Å²) in [4.78, 5) is 14.0. The van der Waals surface area contributed by atoms with Gasteiger partial charge in [0.15, 0.2) is 0 Å². The van der Waals surface area contributed by atoms with E-state index >= 15 is 0 Å². The summed E-state index contributed by atoms with van der Waals surface area (Å²) in [6.07, 6.45) is 5.51. The Morgan fingerprint density at radius 2 is 2.45 bits per heavy atom. The number of carbonyl (C=O) groups excluding carboxylic acids is 1. The van der Waals surface area contributed by atoms with Crippen LogP contribution in [0.25, 0.3) is 0 Å². The van der Waals surface area contributed by atoms with Gasteiger partial charge in [-0.15, -0.1) is 0 Å². The standard InChI is InChI=1S/C16H25N5O/c1-4-21-15-8-5-7-14(13(15)11-18-21)19-12(2)16(22)20(3)10-6-9-17/h11-12,14,19H,4-8,10H2,1-3H3/t12-,14-/m1/s1. The first-order chi connectivity index (χ1) is 10.6. The minimum atomic E-state index is -0.260. The van der Waals surface area contributed by atoms with Crippen LogP contribution in [0.15, 0.2) is 6.20 Å². The highest BCUT2D eigenvalue weighted by Crippen LogP contribution is 2.30. The summed E-state index contributed by atoms with van der Waals surface area (Å²) in [5, 5.41) is 16.5. The monoisotopic (exact) mass is 303 g/mol. The van der Waals surface area contributed by atoms with E-state index in [9.17, 15) is 4.79 Å². The first kappa shape index (κ1) is 16.5. The van der Waals surface area contributed by atoms with Crippen LogP contribution in [0.3, 0.4) is 0 Å². The highest BCUT2D eigenvalue weighted by Gasteiger charge is 2.27. The third-order valence-corrected chi connectivity index (χ3v) is 4.32. The van der Waals surface area contributed by atoms with Gasteiger partial charge in [0.1, 0.15) is 0 Å². The number of nitriles is 1. The lowest BCUT2D eigenvalue weighted by molar-refractivity contribution is -0.131. The summed E-state index contributed by atoms with van der Waals surface area (Å²) in [5.41, 5.74) is 2.52. The number of nitrogens with one attached hydrogen (secondary N) is 1. The van der Waals surface area contributed by atoms with Gasteiger partial charge in [-0.1, -0.05) is 0 Å². The molecule has 0 bridgehead atoms. The van der Waals surface area contributed by atoms with Gasteiger partial charge in [0.2, 0.25) is 5.91 Å². The van der Waals surface area contributed by atoms with Crippen LogP contribution < -0.4 is 5.32 Å². The number of fused-ring (bicyclic) bond motifs is 1. The number of hydrogen-bond donors (Lipinski definition) is 1. The number of rotatable bonds is 6. The molecule has 1 aromatic rings. The Hall–Kier alpha value is -1.87. The highest BCUT2D eigenvalue weighted by molar-refractivity contribution is 5.81. The summed E-state index contributed by atoms with van der Waals surface area (Å²) < 4.78 is 2.05. The number of likely N-dealkylation sites (N-methyl/N-ethyl adjacent to an activating group) is 1. The van der Waals surface area contributed by atoms with Gasteiger partial charge in [0.25, 0.3) is 0 Å². The fourth-order valence-electron chi connectivity index (χ4n) is 3.10. The van der Waals surface area contributed by atoms with Gasteiger partial charge in [-0.2, -0.15) is 10.4 Å². The number of aromatic nitrogens is 2. The summed E-state index contributed by atoms with van der Waals surface area (Å²) in [6, 6.07) is 2.00. The molecular formula is C16H25N5O. The van der Waals surface area contributed by atoms with E-state index in [0.29, 0.717) is 13.0 Å². The minimum Gasteiger partial charge on any atom is -0.343 e. The summed E-state index contributed by atoms with van der Waals surface area (Å²) >= 11 is 0. The van der Waals surface area contributed by atoms with Gasteiger partial charge in [-0.25, -0.2) is 0 Å². The molecule has 0 unspecified atom stereocenters. The zero-order chi connectivity index (χ0) is 16.1. The van der Waals surface area contributed by atoms with Crippen molar-refractivity contribution in [3.63, 3.8) is 0 Å². The number of hydrogen-bond acceptors (Lipinski definition) is 4. The summed E-state index contributed by atoms with van der Waals surface area (Å²) in [5.74, 6) is 0.0326. The second-order valence-electron chi connectivity index (χ2n) is 5.86. The molecule has 1 N–H and O–H groups in total. The molecule has 1 heterocycles. The maximum atomic E-state index is 12.3. The highest BCUT2D eigenvalue weighted by atomic mass is 16.2. The molecule has 2 rings (SSSR count). The fraction of sp³-hybridized carbons (Fsp3) is 0.688. The van der Waals surface area contributed by atoms with Crippen molar-refractivity contribution >= 4 is 5.91 Å². The van der Waals surface area contributed by atoms with Crippen molar-refractivity contribution in [1.82, 2.24) is 20.0 Å². The van der Waals surface area contributed by atoms with Crippen LogP contribution in [0.2, 0.25) is 0 Å². The molecule has 2 atom stereocenters. The minimum absolute atomic E-state index is 0.0326. The van der Waals surface area contributed by atoms with Crippen molar-refractivity contribution in [2.75, 3.05) is 13.6 Å². The Morgan fingerprint density at radius 1 is 1.68 bits per heavy atom. The number of carbonyl (C=O) groups is 1. The van der Waals surface area contributed by atoms with Crippen molar-refractivity contribution < 1.29 is 4.79 Å². The van der Waals surface area contributed by atoms with Crippen molar-refractivity contribution in [3.05, 3.63) is 17.5 Å². The second-order valence-corrected chi connectivity index (χ2v) is 5.86. The van der Waals surface area contributed by atoms with E-state index in [4.69, 9.17) is 5.26 Å². The molecule has 1 aliphatic rings. The molecule has 1 aromatic heterocycles. The molecule has 6 heteroatoms. The Balaban J connectivity index is 2.01. The van der Waals surface area contributed by atoms with Crippen molar-refractivity contribution in [3.8, 4) is 6.07 Å². The maximum Gasteiger partial charge on any atom is 0.239 e. The lowest BCUT2D eigenvalue weighted by Gasteiger charge is -2.29. The Bertz CT molecular complexity index is 559. The van der Waals surface area contributed by atoms with Gasteiger partial charge >= 0.3 is 0 Å². The third kappa shape index (κ3) is 3.47. The molecule has 120 valence electrons. The number of nitrogens with zero attached hydrogens (tertiary/aromatic N) is 4. The second kappa shape index (κ2) is 7.41. The van der Waals surface area contributed by atoms with Crippen LogP contribution in [0.4, 0.5) is 0 Å². The molecule has 0 aromatic carbocycles. The fourth-order valence-corrected chi connectivity index (χ4v) is 3.10. The average Bonchev–Trinajstić information content (AvgIpc) is 2.95. The van der Waals surface area contributed by atoms with Gasteiger partial charge in [0, 0.05) is 37.4 Å². The smallest absolute Gasteiger partial charge is 0.239 e. The molecule has 0 saturated carbocycles. The number of aryl methyl sites for hydroxylation is 1. The van der Waals surface area contributed by atoms with E-state index in [2.05, 4.69) is 28.1 Å². The predicted octanol–water partition coefficient (Wildman–Crippen LogP) is 1.63. The molecule has 0 fully saturated rings. The largest absolute Gasteiger partial charge is 0.343 e. The first-order valence-electron chi connectivity index (χ1n) is 8.01. The van der Waals surface area contributed by atoms with E-state index in [1.165, 1.54) is 11.3 Å². The van der Waals surface area contributed by atoms with Crippen LogP contribution in [0, 0.1) is 11.3 Å². The van der Waals surface area contributed by atoms with E-state index in [0.717, 1.165) is 25.8 Å². The van der Waals surface area contributed by atoms with Gasteiger partial charge < -0.3 is 4.90 Å². The SMILES string of the molecule is CCn1ncc2c1CCC[C@H]2N[C@H](C)C(=O)N(C)CCC#N. The Kier molecular flexibility index (Phi) is 5.56. The normalized spacial score (nSPS) is 18.4. The molecule has 0 radical (unpaired) electrons. The topological polar surface area (TPSA) is 74.0 Å². The van der Waals surface area contributed by atoms with Gasteiger partial charge in [-0.05, 0) is 33.1 Å². The Morgan fingerprint density at radius 3 is 3.14 bits per heavy atom. The molecule has 0 aliphatic heterocycles. The van der Waals surface area contributed by atoms with Crippen molar-refractivity contribution in [2.45, 2.75) is 58.2 Å². The van der Waals surface area contributed by atoms with Crippen molar-refractivity contribution in [1.29, 1.82) is 5.26 Å². The van der Waals surface area contributed by atoms with Crippen LogP contribution in [0.5, 0.6) is 0 Å². The summed E-state index contributed by atoms with van der Waals surface area (Å²) in [7, 11) is 1.75. The van der Waals surface area contributed by atoms with Crippen LogP contribution in [-0.4, -0.2) is 40.2 Å². The average molecular weight is 303 g/mol. The lowest BCUT2D eigenvalue weighted by Crippen LogP contribution is -2.45. The third-order valence-electron chi connectivity index (χ3n) is 4.32. The van der Waals surface area contributed by atoms with Crippen molar-refractivity contribution in [2.24, 2.45) is 0 Å². The Labute approximate surface area is 132 Å². The summed E-state index contributed by atoms with van der Waals surface area (Å²) in [6.45, 7) is 5.35. The predicted molar refractivity (Wildman–Crippen MR) is 84.0 cm³/mol. The van der Waals surface area contributed by atoms with E-state index in [1.807, 2.05) is 13.1 Å². The lowest BCUT2D eigenvalue weighted by atomic mass is 9.92. The molecule has 1 aliphatic carbocycles. The van der Waals surface area contributed by atoms with E-state index in [1.54, 1.807) is 11.9 Å². The molecule has 22 heavy (non-hydrogen) atoms. The molecule has 0 saturated heterocycles.